The Morgan fingerprint density at radius 1 is 1.21 bits per heavy atom. The second kappa shape index (κ2) is 5.73. The lowest BCUT2D eigenvalue weighted by atomic mass is 9.98. The van der Waals surface area contributed by atoms with Gasteiger partial charge in [-0.15, -0.1) is 0 Å². The molecule has 0 saturated carbocycles. The van der Waals surface area contributed by atoms with Crippen LogP contribution in [0.3, 0.4) is 0 Å². The van der Waals surface area contributed by atoms with E-state index < -0.39 is 29.2 Å². The molecule has 2 heterocycles. The molecule has 106 valence electrons. The molecule has 0 aromatic carbocycles. The second-order valence-corrected chi connectivity index (χ2v) is 4.58. The molecule has 7 heteroatoms. The van der Waals surface area contributed by atoms with Crippen molar-refractivity contribution in [1.29, 1.82) is 0 Å². The molecule has 3 nitrogen and oxygen atoms in total. The zero-order chi connectivity index (χ0) is 14.0. The SMILES string of the molecule is COCC1CCCN(c2c(F)c(F)nc(F)c2F)C1. The fourth-order valence-corrected chi connectivity index (χ4v) is 2.39. The summed E-state index contributed by atoms with van der Waals surface area (Å²) in [7, 11) is 1.53. The minimum absolute atomic E-state index is 0.0804. The van der Waals surface area contributed by atoms with Crippen molar-refractivity contribution >= 4 is 5.69 Å². The van der Waals surface area contributed by atoms with E-state index in [-0.39, 0.29) is 5.92 Å². The molecule has 1 aromatic rings. The van der Waals surface area contributed by atoms with Crippen LogP contribution in [0.2, 0.25) is 0 Å². The first-order valence-electron chi connectivity index (χ1n) is 5.98. The molecule has 1 aliphatic rings. The number of ether oxygens (including phenoxy) is 1. The zero-order valence-corrected chi connectivity index (χ0v) is 10.4. The molecule has 0 spiro atoms. The lowest BCUT2D eigenvalue weighted by molar-refractivity contribution is 0.143. The highest BCUT2D eigenvalue weighted by Crippen LogP contribution is 2.30. The molecule has 1 aliphatic heterocycles. The Balaban J connectivity index is 2.30. The molecule has 0 amide bonds. The van der Waals surface area contributed by atoms with Gasteiger partial charge in [-0.25, -0.2) is 0 Å². The van der Waals surface area contributed by atoms with Gasteiger partial charge in [0.2, 0.25) is 11.6 Å². The first-order valence-corrected chi connectivity index (χ1v) is 5.98. The summed E-state index contributed by atoms with van der Waals surface area (Å²) in [6.07, 6.45) is 1.53. The zero-order valence-electron chi connectivity index (χ0n) is 10.4. The number of piperidine rings is 1. The third-order valence-electron chi connectivity index (χ3n) is 3.21. The van der Waals surface area contributed by atoms with Gasteiger partial charge in [-0.3, -0.25) is 0 Å². The van der Waals surface area contributed by atoms with Gasteiger partial charge in [0, 0.05) is 20.2 Å². The molecule has 1 aromatic heterocycles. The Bertz CT molecular complexity index is 441. The van der Waals surface area contributed by atoms with Crippen LogP contribution >= 0.6 is 0 Å². The van der Waals surface area contributed by atoms with Crippen molar-refractivity contribution in [3.8, 4) is 0 Å². The topological polar surface area (TPSA) is 25.4 Å². The van der Waals surface area contributed by atoms with E-state index in [9.17, 15) is 17.6 Å². The number of methoxy groups -OCH3 is 1. The van der Waals surface area contributed by atoms with Crippen LogP contribution in [-0.2, 0) is 4.74 Å². The van der Waals surface area contributed by atoms with Crippen LogP contribution in [-0.4, -0.2) is 31.8 Å². The number of nitrogens with zero attached hydrogens (tertiary/aromatic N) is 2. The van der Waals surface area contributed by atoms with E-state index in [1.807, 2.05) is 0 Å². The maximum atomic E-state index is 13.6. The highest BCUT2D eigenvalue weighted by Gasteiger charge is 2.29. The maximum Gasteiger partial charge on any atom is 0.253 e. The van der Waals surface area contributed by atoms with Crippen LogP contribution in [0.1, 0.15) is 12.8 Å². The van der Waals surface area contributed by atoms with Gasteiger partial charge in [0.05, 0.1) is 6.61 Å². The van der Waals surface area contributed by atoms with Crippen molar-refractivity contribution in [2.75, 3.05) is 31.7 Å². The standard InChI is InChI=1S/C12H14F4N2O/c1-19-6-7-3-2-4-18(5-7)10-8(13)11(15)17-12(16)9(10)14/h7H,2-6H2,1H3. The molecule has 0 radical (unpaired) electrons. The van der Waals surface area contributed by atoms with Crippen LogP contribution in [0.5, 0.6) is 0 Å². The summed E-state index contributed by atoms with van der Waals surface area (Å²) in [4.78, 5) is 3.86. The summed E-state index contributed by atoms with van der Waals surface area (Å²) in [5.74, 6) is -6.06. The molecule has 0 aliphatic carbocycles. The Hall–Kier alpha value is -1.37. The van der Waals surface area contributed by atoms with Gasteiger partial charge in [0.15, 0.2) is 0 Å². The molecule has 0 bridgehead atoms. The van der Waals surface area contributed by atoms with Gasteiger partial charge in [0.1, 0.15) is 5.69 Å². The van der Waals surface area contributed by atoms with Crippen molar-refractivity contribution in [2.45, 2.75) is 12.8 Å². The Morgan fingerprint density at radius 3 is 2.42 bits per heavy atom. The lowest BCUT2D eigenvalue weighted by Crippen LogP contribution is -2.38. The molecule has 0 N–H and O–H groups in total. The van der Waals surface area contributed by atoms with Crippen LogP contribution in [0, 0.1) is 29.4 Å². The fourth-order valence-electron chi connectivity index (χ4n) is 2.39. The van der Waals surface area contributed by atoms with Crippen molar-refractivity contribution in [1.82, 2.24) is 4.98 Å². The fraction of sp³-hybridized carbons (Fsp3) is 0.583. The van der Waals surface area contributed by atoms with Gasteiger partial charge >= 0.3 is 0 Å². The smallest absolute Gasteiger partial charge is 0.253 e. The monoisotopic (exact) mass is 278 g/mol. The number of rotatable bonds is 3. The van der Waals surface area contributed by atoms with E-state index in [1.54, 1.807) is 0 Å². The number of pyridine rings is 1. The number of hydrogen-bond acceptors (Lipinski definition) is 3. The molecule has 1 unspecified atom stereocenters. The van der Waals surface area contributed by atoms with Crippen molar-refractivity contribution in [2.24, 2.45) is 5.92 Å². The van der Waals surface area contributed by atoms with E-state index in [4.69, 9.17) is 4.74 Å². The minimum atomic E-state index is -1.62. The number of hydrogen-bond donors (Lipinski definition) is 0. The van der Waals surface area contributed by atoms with E-state index in [2.05, 4.69) is 4.98 Å². The van der Waals surface area contributed by atoms with Crippen molar-refractivity contribution in [3.63, 3.8) is 0 Å². The number of aromatic nitrogens is 1. The summed E-state index contributed by atoms with van der Waals surface area (Å²) in [6.45, 7) is 1.08. The lowest BCUT2D eigenvalue weighted by Gasteiger charge is -2.34. The number of halogens is 4. The Labute approximate surface area is 108 Å². The maximum absolute atomic E-state index is 13.6. The average molecular weight is 278 g/mol. The highest BCUT2D eigenvalue weighted by atomic mass is 19.2. The van der Waals surface area contributed by atoms with Gasteiger partial charge in [-0.2, -0.15) is 22.5 Å². The van der Waals surface area contributed by atoms with Crippen LogP contribution < -0.4 is 4.90 Å². The predicted octanol–water partition coefficient (Wildman–Crippen LogP) is 2.50. The van der Waals surface area contributed by atoms with Gasteiger partial charge in [-0.1, -0.05) is 0 Å². The van der Waals surface area contributed by atoms with Crippen LogP contribution in [0.25, 0.3) is 0 Å². The molecule has 1 atom stereocenters. The Kier molecular flexibility index (Phi) is 4.24. The van der Waals surface area contributed by atoms with E-state index in [0.29, 0.717) is 26.1 Å². The van der Waals surface area contributed by atoms with Crippen molar-refractivity contribution < 1.29 is 22.3 Å². The highest BCUT2D eigenvalue weighted by molar-refractivity contribution is 5.48. The quantitative estimate of drug-likeness (QED) is 0.627. The summed E-state index contributed by atoms with van der Waals surface area (Å²) in [6, 6.07) is 0. The summed E-state index contributed by atoms with van der Waals surface area (Å²) in [5, 5.41) is 0. The summed E-state index contributed by atoms with van der Waals surface area (Å²) < 4.78 is 58.4. The van der Waals surface area contributed by atoms with Crippen LogP contribution in [0.15, 0.2) is 0 Å². The summed E-state index contributed by atoms with van der Waals surface area (Å²) >= 11 is 0. The minimum Gasteiger partial charge on any atom is -0.384 e. The van der Waals surface area contributed by atoms with E-state index in [1.165, 1.54) is 12.0 Å². The van der Waals surface area contributed by atoms with Gasteiger partial charge < -0.3 is 9.64 Å². The largest absolute Gasteiger partial charge is 0.384 e. The number of anilines is 1. The van der Waals surface area contributed by atoms with Crippen molar-refractivity contribution in [3.05, 3.63) is 23.5 Å². The average Bonchev–Trinajstić information content (AvgIpc) is 2.38. The second-order valence-electron chi connectivity index (χ2n) is 4.58. The van der Waals surface area contributed by atoms with Gasteiger partial charge in [-0.05, 0) is 18.8 Å². The van der Waals surface area contributed by atoms with E-state index in [0.717, 1.165) is 6.42 Å². The predicted molar refractivity (Wildman–Crippen MR) is 60.9 cm³/mol. The first-order chi connectivity index (χ1) is 9.04. The normalized spacial score (nSPS) is 19.8. The summed E-state index contributed by atoms with van der Waals surface area (Å²) in [5.41, 5.74) is -0.675. The van der Waals surface area contributed by atoms with Gasteiger partial charge in [0.25, 0.3) is 11.9 Å². The first kappa shape index (κ1) is 14.0. The van der Waals surface area contributed by atoms with Crippen LogP contribution in [0.4, 0.5) is 23.2 Å². The van der Waals surface area contributed by atoms with E-state index >= 15 is 0 Å². The Morgan fingerprint density at radius 2 is 1.84 bits per heavy atom. The third kappa shape index (κ3) is 2.80. The molecule has 2 rings (SSSR count). The molecular weight excluding hydrogens is 264 g/mol. The molecule has 1 saturated heterocycles. The molecular formula is C12H14F4N2O. The third-order valence-corrected chi connectivity index (χ3v) is 3.21. The molecule has 1 fully saturated rings. The molecule has 19 heavy (non-hydrogen) atoms.